The highest BCUT2D eigenvalue weighted by atomic mass is 16.2. The zero-order chi connectivity index (χ0) is 17.3. The van der Waals surface area contributed by atoms with Crippen molar-refractivity contribution in [2.24, 2.45) is 12.5 Å². The first-order chi connectivity index (χ1) is 11.4. The van der Waals surface area contributed by atoms with Crippen LogP contribution in [0.5, 0.6) is 0 Å². The lowest BCUT2D eigenvalue weighted by Crippen LogP contribution is -2.50. The van der Waals surface area contributed by atoms with E-state index in [1.165, 1.54) is 0 Å². The molecule has 1 aromatic carbocycles. The Morgan fingerprint density at radius 3 is 2.96 bits per heavy atom. The first-order valence-electron chi connectivity index (χ1n) is 8.85. The summed E-state index contributed by atoms with van der Waals surface area (Å²) in [5.74, 6) is 1.17. The van der Waals surface area contributed by atoms with Crippen molar-refractivity contribution in [3.05, 3.63) is 29.6 Å². The zero-order valence-electron chi connectivity index (χ0n) is 15.2. The van der Waals surface area contributed by atoms with Crippen LogP contribution in [0.4, 0.5) is 0 Å². The summed E-state index contributed by atoms with van der Waals surface area (Å²) >= 11 is 0. The molecular weight excluding hydrogens is 300 g/mol. The number of carbonyl (C=O) groups is 1. The summed E-state index contributed by atoms with van der Waals surface area (Å²) in [4.78, 5) is 19.7. The molecule has 5 heteroatoms. The number of nitrogens with one attached hydrogen (secondary N) is 1. The van der Waals surface area contributed by atoms with Crippen molar-refractivity contribution >= 4 is 16.9 Å². The van der Waals surface area contributed by atoms with E-state index in [0.29, 0.717) is 6.54 Å². The topological polar surface area (TPSA) is 50.2 Å². The molecule has 1 aliphatic heterocycles. The molecule has 0 unspecified atom stereocenters. The number of rotatable bonds is 4. The minimum Gasteiger partial charge on any atom is -0.352 e. The average Bonchev–Trinajstić information content (AvgIpc) is 2.86. The number of benzene rings is 1. The Labute approximate surface area is 144 Å². The fourth-order valence-electron chi connectivity index (χ4n) is 3.67. The van der Waals surface area contributed by atoms with E-state index >= 15 is 0 Å². The number of carbonyl (C=O) groups excluding carboxylic acids is 1. The lowest BCUT2D eigenvalue weighted by molar-refractivity contribution is -0.133. The third-order valence-electron chi connectivity index (χ3n) is 5.39. The number of aryl methyl sites for hydroxylation is 2. The highest BCUT2D eigenvalue weighted by Gasteiger charge is 2.37. The fourth-order valence-corrected chi connectivity index (χ4v) is 3.67. The van der Waals surface area contributed by atoms with Gasteiger partial charge in [0, 0.05) is 20.1 Å². The Morgan fingerprint density at radius 1 is 1.42 bits per heavy atom. The van der Waals surface area contributed by atoms with Crippen molar-refractivity contribution in [2.75, 3.05) is 19.6 Å². The maximum Gasteiger partial charge on any atom is 0.227 e. The number of fused-ring (bicyclic) bond motifs is 1. The van der Waals surface area contributed by atoms with E-state index in [4.69, 9.17) is 0 Å². The van der Waals surface area contributed by atoms with Crippen LogP contribution in [0.2, 0.25) is 0 Å². The van der Waals surface area contributed by atoms with Crippen molar-refractivity contribution in [1.29, 1.82) is 0 Å². The van der Waals surface area contributed by atoms with Crippen LogP contribution >= 0.6 is 0 Å². The standard InChI is InChI=1S/C19H28N4O/c1-5-23-10-6-9-19(3,13-23)18(24)20-12-15-7-8-17-16(11-15)21-14(2)22(17)4/h7-8,11H,5-6,9-10,12-13H2,1-4H3,(H,20,24)/t19-/m0/s1. The predicted octanol–water partition coefficient (Wildman–Crippen LogP) is 2.62. The summed E-state index contributed by atoms with van der Waals surface area (Å²) < 4.78 is 2.08. The summed E-state index contributed by atoms with van der Waals surface area (Å²) in [7, 11) is 2.02. The van der Waals surface area contributed by atoms with E-state index < -0.39 is 0 Å². The molecule has 130 valence electrons. The second kappa shape index (κ2) is 6.55. The van der Waals surface area contributed by atoms with Crippen LogP contribution in [0.1, 0.15) is 38.1 Å². The second-order valence-corrected chi connectivity index (χ2v) is 7.26. The smallest absolute Gasteiger partial charge is 0.227 e. The van der Waals surface area contributed by atoms with Gasteiger partial charge in [0.15, 0.2) is 0 Å². The third-order valence-corrected chi connectivity index (χ3v) is 5.39. The molecule has 24 heavy (non-hydrogen) atoms. The molecule has 1 saturated heterocycles. The molecule has 2 aromatic rings. The van der Waals surface area contributed by atoms with Gasteiger partial charge in [0.1, 0.15) is 5.82 Å². The van der Waals surface area contributed by atoms with Crippen molar-refractivity contribution in [1.82, 2.24) is 19.8 Å². The number of piperidine rings is 1. The lowest BCUT2D eigenvalue weighted by atomic mass is 9.81. The Hall–Kier alpha value is -1.88. The minimum absolute atomic E-state index is 0.165. The van der Waals surface area contributed by atoms with E-state index in [1.807, 2.05) is 14.0 Å². The molecule has 5 nitrogen and oxygen atoms in total. The number of hydrogen-bond acceptors (Lipinski definition) is 3. The molecule has 3 rings (SSSR count). The minimum atomic E-state index is -0.278. The van der Waals surface area contributed by atoms with Crippen molar-refractivity contribution < 1.29 is 4.79 Å². The van der Waals surface area contributed by atoms with Crippen LogP contribution in [0.3, 0.4) is 0 Å². The highest BCUT2D eigenvalue weighted by Crippen LogP contribution is 2.29. The van der Waals surface area contributed by atoms with Crippen LogP contribution in [0.25, 0.3) is 11.0 Å². The first kappa shape index (κ1) is 17.0. The molecule has 0 saturated carbocycles. The van der Waals surface area contributed by atoms with Crippen LogP contribution in [0.15, 0.2) is 18.2 Å². The number of amides is 1. The molecule has 1 aromatic heterocycles. The van der Waals surface area contributed by atoms with E-state index in [-0.39, 0.29) is 11.3 Å². The molecule has 1 fully saturated rings. The molecule has 0 spiro atoms. The quantitative estimate of drug-likeness (QED) is 0.938. The largest absolute Gasteiger partial charge is 0.352 e. The molecular formula is C19H28N4O. The maximum atomic E-state index is 12.7. The monoisotopic (exact) mass is 328 g/mol. The molecule has 1 aliphatic rings. The number of imidazole rings is 1. The lowest BCUT2D eigenvalue weighted by Gasteiger charge is -2.38. The Kier molecular flexibility index (Phi) is 4.63. The molecule has 0 aliphatic carbocycles. The predicted molar refractivity (Wildman–Crippen MR) is 96.8 cm³/mol. The fraction of sp³-hybridized carbons (Fsp3) is 0.579. The Bertz CT molecular complexity index is 751. The Morgan fingerprint density at radius 2 is 2.21 bits per heavy atom. The number of hydrogen-bond donors (Lipinski definition) is 1. The molecule has 1 N–H and O–H groups in total. The normalized spacial score (nSPS) is 22.0. The molecule has 0 radical (unpaired) electrons. The van der Waals surface area contributed by atoms with E-state index in [0.717, 1.165) is 54.9 Å². The number of likely N-dealkylation sites (tertiary alicyclic amines) is 1. The maximum absolute atomic E-state index is 12.7. The van der Waals surface area contributed by atoms with Crippen LogP contribution < -0.4 is 5.32 Å². The summed E-state index contributed by atoms with van der Waals surface area (Å²) in [6, 6.07) is 6.23. The van der Waals surface area contributed by atoms with Gasteiger partial charge in [-0.2, -0.15) is 0 Å². The van der Waals surface area contributed by atoms with Crippen molar-refractivity contribution in [3.8, 4) is 0 Å². The van der Waals surface area contributed by atoms with Gasteiger partial charge in [0.05, 0.1) is 16.4 Å². The van der Waals surface area contributed by atoms with Gasteiger partial charge in [-0.05, 0) is 57.5 Å². The van der Waals surface area contributed by atoms with Crippen LogP contribution in [-0.4, -0.2) is 40.0 Å². The summed E-state index contributed by atoms with van der Waals surface area (Å²) in [5.41, 5.74) is 2.93. The van der Waals surface area contributed by atoms with Gasteiger partial charge in [0.25, 0.3) is 0 Å². The highest BCUT2D eigenvalue weighted by molar-refractivity contribution is 5.83. The summed E-state index contributed by atoms with van der Waals surface area (Å²) in [6.45, 7) is 9.79. The van der Waals surface area contributed by atoms with Gasteiger partial charge in [-0.15, -0.1) is 0 Å². The van der Waals surface area contributed by atoms with Gasteiger partial charge < -0.3 is 14.8 Å². The van der Waals surface area contributed by atoms with Gasteiger partial charge in [0.2, 0.25) is 5.91 Å². The van der Waals surface area contributed by atoms with Crippen molar-refractivity contribution in [3.63, 3.8) is 0 Å². The van der Waals surface area contributed by atoms with Crippen LogP contribution in [0, 0.1) is 12.3 Å². The van der Waals surface area contributed by atoms with Gasteiger partial charge in [-0.3, -0.25) is 4.79 Å². The first-order valence-corrected chi connectivity index (χ1v) is 8.85. The zero-order valence-corrected chi connectivity index (χ0v) is 15.2. The second-order valence-electron chi connectivity index (χ2n) is 7.26. The summed E-state index contributed by atoms with van der Waals surface area (Å²) in [6.07, 6.45) is 2.06. The van der Waals surface area contributed by atoms with Crippen molar-refractivity contribution in [2.45, 2.75) is 40.2 Å². The molecule has 2 heterocycles. The average molecular weight is 328 g/mol. The van der Waals surface area contributed by atoms with Gasteiger partial charge in [-0.25, -0.2) is 4.98 Å². The van der Waals surface area contributed by atoms with E-state index in [2.05, 4.69) is 51.8 Å². The molecule has 1 atom stereocenters. The van der Waals surface area contributed by atoms with E-state index in [1.54, 1.807) is 0 Å². The van der Waals surface area contributed by atoms with Gasteiger partial charge >= 0.3 is 0 Å². The SMILES string of the molecule is CCN1CCC[C@](C)(C(=O)NCc2ccc3c(c2)nc(C)n3C)C1. The molecule has 1 amide bonds. The number of aromatic nitrogens is 2. The van der Waals surface area contributed by atoms with Crippen LogP contribution in [-0.2, 0) is 18.4 Å². The van der Waals surface area contributed by atoms with Gasteiger partial charge in [-0.1, -0.05) is 13.0 Å². The summed E-state index contributed by atoms with van der Waals surface area (Å²) in [5, 5.41) is 3.14. The number of nitrogens with zero attached hydrogens (tertiary/aromatic N) is 3. The third kappa shape index (κ3) is 3.18. The Balaban J connectivity index is 1.67. The molecule has 0 bridgehead atoms. The van der Waals surface area contributed by atoms with E-state index in [9.17, 15) is 4.79 Å².